The molecule has 0 atom stereocenters. The lowest BCUT2D eigenvalue weighted by molar-refractivity contribution is -0.384. The van der Waals surface area contributed by atoms with Gasteiger partial charge in [-0.05, 0) is 13.3 Å². The van der Waals surface area contributed by atoms with Crippen LogP contribution in [0.25, 0.3) is 0 Å². The van der Waals surface area contributed by atoms with E-state index in [1.807, 2.05) is 0 Å². The predicted octanol–water partition coefficient (Wildman–Crippen LogP) is 0.599. The number of nitrogens with one attached hydrogen (secondary N) is 1. The molecule has 1 amide bonds. The molecule has 1 heterocycles. The lowest BCUT2D eigenvalue weighted by Gasteiger charge is -2.18. The summed E-state index contributed by atoms with van der Waals surface area (Å²) in [5, 5.41) is 17.8. The largest absolute Gasteiger partial charge is 0.356 e. The molecule has 0 spiro atoms. The Labute approximate surface area is 111 Å². The van der Waals surface area contributed by atoms with Crippen molar-refractivity contribution in [3.8, 4) is 0 Å². The average molecular weight is 269 g/mol. The van der Waals surface area contributed by atoms with Gasteiger partial charge in [0, 0.05) is 34.1 Å². The zero-order chi connectivity index (χ0) is 14.6. The monoisotopic (exact) mass is 269 g/mol. The second kappa shape index (κ2) is 6.17. The molecular formula is C11H19N5O3. The van der Waals surface area contributed by atoms with Crippen molar-refractivity contribution in [2.45, 2.75) is 20.3 Å². The summed E-state index contributed by atoms with van der Waals surface area (Å²) in [7, 11) is 3.46. The summed E-state index contributed by atoms with van der Waals surface area (Å²) in [6.07, 6.45) is 0.706. The topological polar surface area (TPSA) is 93.3 Å². The van der Waals surface area contributed by atoms with Gasteiger partial charge in [-0.3, -0.25) is 14.9 Å². The first-order valence-electron chi connectivity index (χ1n) is 5.98. The fraction of sp³-hybridized carbons (Fsp3) is 0.636. The van der Waals surface area contributed by atoms with Crippen molar-refractivity contribution < 1.29 is 9.72 Å². The molecule has 0 bridgehead atoms. The number of carbonyl (C=O) groups is 1. The molecule has 0 saturated heterocycles. The lowest BCUT2D eigenvalue weighted by atomic mass is 10.3. The highest BCUT2D eigenvalue weighted by molar-refractivity contribution is 5.72. The maximum atomic E-state index is 11.0. The van der Waals surface area contributed by atoms with Crippen LogP contribution in [0.4, 0.5) is 11.5 Å². The van der Waals surface area contributed by atoms with E-state index in [4.69, 9.17) is 0 Å². The van der Waals surface area contributed by atoms with Crippen LogP contribution in [0.15, 0.2) is 0 Å². The number of carbonyl (C=O) groups excluding carboxylic acids is 1. The van der Waals surface area contributed by atoms with E-state index < -0.39 is 4.92 Å². The van der Waals surface area contributed by atoms with Crippen LogP contribution in [0.2, 0.25) is 0 Å². The number of amides is 1. The number of nitrogens with zero attached hydrogens (tertiary/aromatic N) is 4. The number of aromatic nitrogens is 2. The highest BCUT2D eigenvalue weighted by atomic mass is 16.6. The third-order valence-electron chi connectivity index (χ3n) is 2.75. The van der Waals surface area contributed by atoms with Gasteiger partial charge in [-0.25, -0.2) is 4.68 Å². The van der Waals surface area contributed by atoms with Crippen molar-refractivity contribution in [1.82, 2.24) is 15.1 Å². The number of hydrogen-bond donors (Lipinski definition) is 1. The highest BCUT2D eigenvalue weighted by Crippen LogP contribution is 2.29. The minimum Gasteiger partial charge on any atom is -0.356 e. The molecule has 8 heteroatoms. The van der Waals surface area contributed by atoms with E-state index in [0.29, 0.717) is 31.0 Å². The van der Waals surface area contributed by atoms with Gasteiger partial charge in [0.15, 0.2) is 0 Å². The maximum Gasteiger partial charge on any atom is 0.333 e. The van der Waals surface area contributed by atoms with Gasteiger partial charge in [0.05, 0.1) is 4.92 Å². The Morgan fingerprint density at radius 2 is 2.21 bits per heavy atom. The van der Waals surface area contributed by atoms with Crippen molar-refractivity contribution in [3.63, 3.8) is 0 Å². The molecule has 1 rings (SSSR count). The Bertz CT molecular complexity index is 483. The molecule has 19 heavy (non-hydrogen) atoms. The van der Waals surface area contributed by atoms with Crippen LogP contribution in [0.5, 0.6) is 0 Å². The third kappa shape index (κ3) is 3.67. The van der Waals surface area contributed by atoms with Crippen molar-refractivity contribution in [3.05, 3.63) is 15.8 Å². The first-order chi connectivity index (χ1) is 8.84. The van der Waals surface area contributed by atoms with Gasteiger partial charge >= 0.3 is 5.69 Å². The molecule has 0 fully saturated rings. The summed E-state index contributed by atoms with van der Waals surface area (Å²) in [5.74, 6) is 0.398. The molecule has 0 saturated carbocycles. The van der Waals surface area contributed by atoms with Gasteiger partial charge in [-0.2, -0.15) is 5.10 Å². The van der Waals surface area contributed by atoms with Gasteiger partial charge in [-0.15, -0.1) is 0 Å². The zero-order valence-electron chi connectivity index (χ0n) is 11.6. The molecule has 0 aliphatic carbocycles. The standard InChI is InChI=1S/C11H19N5O3/c1-8-10(16(18)19)11(15(4)13-8)14(3)7-5-6-12-9(2)17/h5-7H2,1-4H3,(H,12,17). The van der Waals surface area contributed by atoms with Crippen LogP contribution >= 0.6 is 0 Å². The second-order valence-electron chi connectivity index (χ2n) is 4.40. The molecule has 0 unspecified atom stereocenters. The highest BCUT2D eigenvalue weighted by Gasteiger charge is 2.26. The van der Waals surface area contributed by atoms with Crippen LogP contribution < -0.4 is 10.2 Å². The van der Waals surface area contributed by atoms with Crippen LogP contribution in [0.3, 0.4) is 0 Å². The first-order valence-corrected chi connectivity index (χ1v) is 5.98. The fourth-order valence-electron chi connectivity index (χ4n) is 1.96. The van der Waals surface area contributed by atoms with Crippen molar-refractivity contribution in [1.29, 1.82) is 0 Å². The second-order valence-corrected chi connectivity index (χ2v) is 4.40. The molecule has 8 nitrogen and oxygen atoms in total. The number of nitro groups is 1. The molecule has 1 aromatic rings. The average Bonchev–Trinajstić information content (AvgIpc) is 2.59. The molecule has 0 aromatic carbocycles. The molecular weight excluding hydrogens is 250 g/mol. The number of hydrogen-bond acceptors (Lipinski definition) is 5. The Balaban J connectivity index is 2.74. The summed E-state index contributed by atoms with van der Waals surface area (Å²) >= 11 is 0. The van der Waals surface area contributed by atoms with Crippen molar-refractivity contribution >= 4 is 17.4 Å². The van der Waals surface area contributed by atoms with E-state index in [0.717, 1.165) is 0 Å². The Kier molecular flexibility index (Phi) is 4.85. The van der Waals surface area contributed by atoms with Gasteiger partial charge in [0.1, 0.15) is 5.69 Å². The summed E-state index contributed by atoms with van der Waals surface area (Å²) in [4.78, 5) is 23.1. The lowest BCUT2D eigenvalue weighted by Crippen LogP contribution is -2.27. The summed E-state index contributed by atoms with van der Waals surface area (Å²) < 4.78 is 1.51. The quantitative estimate of drug-likeness (QED) is 0.463. The smallest absolute Gasteiger partial charge is 0.333 e. The van der Waals surface area contributed by atoms with Gasteiger partial charge < -0.3 is 10.2 Å². The fourth-order valence-corrected chi connectivity index (χ4v) is 1.96. The molecule has 0 radical (unpaired) electrons. The number of anilines is 1. The minimum atomic E-state index is -0.415. The predicted molar refractivity (Wildman–Crippen MR) is 71.2 cm³/mol. The van der Waals surface area contributed by atoms with Crippen LogP contribution in [-0.4, -0.2) is 40.7 Å². The van der Waals surface area contributed by atoms with Gasteiger partial charge in [0.2, 0.25) is 11.7 Å². The molecule has 0 aliphatic rings. The van der Waals surface area contributed by atoms with Crippen LogP contribution in [0.1, 0.15) is 19.0 Å². The van der Waals surface area contributed by atoms with Crippen LogP contribution in [-0.2, 0) is 11.8 Å². The van der Waals surface area contributed by atoms with E-state index in [1.165, 1.54) is 11.6 Å². The van der Waals surface area contributed by atoms with Crippen molar-refractivity contribution in [2.75, 3.05) is 25.0 Å². The van der Waals surface area contributed by atoms with E-state index >= 15 is 0 Å². The number of aryl methyl sites for hydroxylation is 2. The Hall–Kier alpha value is -2.12. The van der Waals surface area contributed by atoms with E-state index in [1.54, 1.807) is 25.9 Å². The first kappa shape index (κ1) is 14.9. The van der Waals surface area contributed by atoms with Crippen LogP contribution in [0, 0.1) is 17.0 Å². The normalized spacial score (nSPS) is 10.3. The van der Waals surface area contributed by atoms with Crippen molar-refractivity contribution in [2.24, 2.45) is 7.05 Å². The van der Waals surface area contributed by atoms with E-state index in [-0.39, 0.29) is 11.6 Å². The maximum absolute atomic E-state index is 11.0. The van der Waals surface area contributed by atoms with E-state index in [2.05, 4.69) is 10.4 Å². The van der Waals surface area contributed by atoms with E-state index in [9.17, 15) is 14.9 Å². The SMILES string of the molecule is CC(=O)NCCCN(C)c1c([N+](=O)[O-])c(C)nn1C. The zero-order valence-corrected chi connectivity index (χ0v) is 11.6. The van der Waals surface area contributed by atoms with Gasteiger partial charge in [0.25, 0.3) is 0 Å². The molecule has 1 N–H and O–H groups in total. The summed E-state index contributed by atoms with van der Waals surface area (Å²) in [6, 6.07) is 0. The molecule has 1 aromatic heterocycles. The van der Waals surface area contributed by atoms with Gasteiger partial charge in [-0.1, -0.05) is 0 Å². The molecule has 106 valence electrons. The molecule has 0 aliphatic heterocycles. The number of rotatable bonds is 6. The Morgan fingerprint density at radius 1 is 1.58 bits per heavy atom. The minimum absolute atomic E-state index is 0.0320. The third-order valence-corrected chi connectivity index (χ3v) is 2.75. The Morgan fingerprint density at radius 3 is 2.74 bits per heavy atom. The summed E-state index contributed by atoms with van der Waals surface area (Å²) in [6.45, 7) is 4.22. The summed E-state index contributed by atoms with van der Waals surface area (Å²) in [5.41, 5.74) is 0.431.